The van der Waals surface area contributed by atoms with Crippen molar-refractivity contribution >= 4 is 46.0 Å². The predicted molar refractivity (Wildman–Crippen MR) is 106 cm³/mol. The number of hydrogen-bond acceptors (Lipinski definition) is 4. The summed E-state index contributed by atoms with van der Waals surface area (Å²) in [4.78, 5) is 14.5. The molecule has 1 aliphatic heterocycles. The van der Waals surface area contributed by atoms with E-state index in [0.29, 0.717) is 20.7 Å². The predicted octanol–water partition coefficient (Wildman–Crippen LogP) is 5.49. The molecule has 4 rings (SSSR count). The van der Waals surface area contributed by atoms with Gasteiger partial charge in [0, 0.05) is 11.6 Å². The molecule has 0 spiro atoms. The summed E-state index contributed by atoms with van der Waals surface area (Å²) in [6.45, 7) is 0. The number of benzene rings is 2. The van der Waals surface area contributed by atoms with Gasteiger partial charge in [0.1, 0.15) is 17.3 Å². The first kappa shape index (κ1) is 16.8. The first-order valence-electron chi connectivity index (χ1n) is 7.80. The van der Waals surface area contributed by atoms with Crippen LogP contribution >= 0.6 is 24.0 Å². The highest BCUT2D eigenvalue weighted by Gasteiger charge is 2.33. The molecule has 1 saturated heterocycles. The lowest BCUT2D eigenvalue weighted by Crippen LogP contribution is -2.27. The minimum Gasteiger partial charge on any atom is -0.457 e. The third kappa shape index (κ3) is 3.21. The molecule has 2 heterocycles. The van der Waals surface area contributed by atoms with Crippen LogP contribution < -0.4 is 4.90 Å². The lowest BCUT2D eigenvalue weighted by atomic mass is 10.2. The number of thioether (sulfide) groups is 1. The zero-order valence-electron chi connectivity index (χ0n) is 13.4. The number of carbonyl (C=O) groups is 1. The van der Waals surface area contributed by atoms with Gasteiger partial charge in [-0.2, -0.15) is 0 Å². The van der Waals surface area contributed by atoms with Gasteiger partial charge < -0.3 is 4.42 Å². The minimum atomic E-state index is -0.418. The molecule has 0 N–H and O–H groups in total. The van der Waals surface area contributed by atoms with Crippen molar-refractivity contribution in [3.05, 3.63) is 83.2 Å². The van der Waals surface area contributed by atoms with Crippen molar-refractivity contribution in [3.63, 3.8) is 0 Å². The van der Waals surface area contributed by atoms with Gasteiger partial charge in [0.05, 0.1) is 10.6 Å². The fraction of sp³-hybridized carbons (Fsp3) is 0. The molecule has 0 saturated carbocycles. The molecular weight excluding hydrogens is 369 g/mol. The second-order valence-electron chi connectivity index (χ2n) is 5.57. The first-order valence-corrected chi connectivity index (χ1v) is 9.03. The molecule has 26 heavy (non-hydrogen) atoms. The van der Waals surface area contributed by atoms with Crippen LogP contribution in [0, 0.1) is 5.82 Å². The Morgan fingerprint density at radius 1 is 1.04 bits per heavy atom. The van der Waals surface area contributed by atoms with E-state index < -0.39 is 5.82 Å². The van der Waals surface area contributed by atoms with Gasteiger partial charge in [-0.05, 0) is 30.3 Å². The first-order chi connectivity index (χ1) is 12.6. The molecule has 0 bridgehead atoms. The summed E-state index contributed by atoms with van der Waals surface area (Å²) in [5.74, 6) is 0.573. The highest BCUT2D eigenvalue weighted by atomic mass is 32.2. The molecular formula is C20H12FNO2S2. The fourth-order valence-corrected chi connectivity index (χ4v) is 3.90. The van der Waals surface area contributed by atoms with Gasteiger partial charge in [-0.1, -0.05) is 60.4 Å². The number of amides is 1. The normalized spacial score (nSPS) is 15.9. The topological polar surface area (TPSA) is 33.5 Å². The van der Waals surface area contributed by atoms with E-state index in [9.17, 15) is 9.18 Å². The Morgan fingerprint density at radius 2 is 1.85 bits per heavy atom. The van der Waals surface area contributed by atoms with Crippen LogP contribution in [0.15, 0.2) is 76.1 Å². The lowest BCUT2D eigenvalue weighted by molar-refractivity contribution is -0.113. The third-order valence-corrected chi connectivity index (χ3v) is 5.12. The van der Waals surface area contributed by atoms with Crippen LogP contribution in [0.25, 0.3) is 17.4 Å². The van der Waals surface area contributed by atoms with Crippen LogP contribution in [-0.4, -0.2) is 10.2 Å². The Hall–Kier alpha value is -2.70. The largest absolute Gasteiger partial charge is 0.457 e. The van der Waals surface area contributed by atoms with Gasteiger partial charge in [0.15, 0.2) is 4.32 Å². The van der Waals surface area contributed by atoms with E-state index >= 15 is 0 Å². The van der Waals surface area contributed by atoms with Gasteiger partial charge >= 0.3 is 0 Å². The highest BCUT2D eigenvalue weighted by Crippen LogP contribution is 2.36. The van der Waals surface area contributed by atoms with Gasteiger partial charge in [0.25, 0.3) is 5.91 Å². The van der Waals surface area contributed by atoms with E-state index in [2.05, 4.69) is 0 Å². The third-order valence-electron chi connectivity index (χ3n) is 3.82. The van der Waals surface area contributed by atoms with Crippen molar-refractivity contribution in [1.29, 1.82) is 0 Å². The van der Waals surface area contributed by atoms with Crippen molar-refractivity contribution < 1.29 is 13.6 Å². The van der Waals surface area contributed by atoms with E-state index in [-0.39, 0.29) is 5.91 Å². The standard InChI is InChI=1S/C20H12FNO2S2/c21-14-7-4-8-15(11-14)22-19(23)18(26-20(22)25)12-16-9-10-17(24-16)13-5-2-1-3-6-13/h1-12H/b18-12-. The SMILES string of the molecule is O=C1/C(=C/c2ccc(-c3ccccc3)o2)SC(=S)N1c1cccc(F)c1. The van der Waals surface area contributed by atoms with E-state index in [1.807, 2.05) is 36.4 Å². The van der Waals surface area contributed by atoms with Crippen molar-refractivity contribution in [1.82, 2.24) is 0 Å². The van der Waals surface area contributed by atoms with Crippen molar-refractivity contribution in [3.8, 4) is 11.3 Å². The van der Waals surface area contributed by atoms with Crippen LogP contribution in [-0.2, 0) is 4.79 Å². The number of hydrogen-bond donors (Lipinski definition) is 0. The monoisotopic (exact) mass is 381 g/mol. The molecule has 3 nitrogen and oxygen atoms in total. The van der Waals surface area contributed by atoms with E-state index in [0.717, 1.165) is 11.3 Å². The molecule has 1 fully saturated rings. The average molecular weight is 381 g/mol. The Labute approximate surface area is 159 Å². The van der Waals surface area contributed by atoms with Gasteiger partial charge in [0.2, 0.25) is 0 Å². The van der Waals surface area contributed by atoms with Crippen LogP contribution in [0.2, 0.25) is 0 Å². The zero-order valence-corrected chi connectivity index (χ0v) is 15.0. The molecule has 0 aliphatic carbocycles. The van der Waals surface area contributed by atoms with E-state index in [1.54, 1.807) is 24.3 Å². The number of nitrogens with zero attached hydrogens (tertiary/aromatic N) is 1. The number of carbonyl (C=O) groups excluding carboxylic acids is 1. The van der Waals surface area contributed by atoms with Crippen LogP contribution in [0.4, 0.5) is 10.1 Å². The summed E-state index contributed by atoms with van der Waals surface area (Å²) < 4.78 is 19.6. The van der Waals surface area contributed by atoms with Gasteiger partial charge in [-0.3, -0.25) is 9.69 Å². The Kier molecular flexibility index (Phi) is 4.44. The summed E-state index contributed by atoms with van der Waals surface area (Å²) in [5.41, 5.74) is 1.37. The summed E-state index contributed by atoms with van der Waals surface area (Å²) in [6.07, 6.45) is 1.66. The Morgan fingerprint density at radius 3 is 2.62 bits per heavy atom. The number of anilines is 1. The second-order valence-corrected chi connectivity index (χ2v) is 7.24. The number of halogens is 1. The van der Waals surface area contributed by atoms with Crippen LogP contribution in [0.3, 0.4) is 0 Å². The van der Waals surface area contributed by atoms with Gasteiger partial charge in [-0.25, -0.2) is 4.39 Å². The second kappa shape index (κ2) is 6.90. The summed E-state index contributed by atoms with van der Waals surface area (Å²) in [7, 11) is 0. The zero-order chi connectivity index (χ0) is 18.1. The fourth-order valence-electron chi connectivity index (χ4n) is 2.62. The average Bonchev–Trinajstić information content (AvgIpc) is 3.21. The molecule has 128 valence electrons. The van der Waals surface area contributed by atoms with Crippen molar-refractivity contribution in [2.75, 3.05) is 4.90 Å². The molecule has 0 radical (unpaired) electrons. The number of furan rings is 1. The van der Waals surface area contributed by atoms with Gasteiger partial charge in [-0.15, -0.1) is 0 Å². The number of thiocarbonyl (C=S) groups is 1. The maximum atomic E-state index is 13.5. The Bertz CT molecular complexity index is 1030. The summed E-state index contributed by atoms with van der Waals surface area (Å²) in [6, 6.07) is 19.2. The van der Waals surface area contributed by atoms with Crippen LogP contribution in [0.5, 0.6) is 0 Å². The van der Waals surface area contributed by atoms with Crippen molar-refractivity contribution in [2.24, 2.45) is 0 Å². The smallest absolute Gasteiger partial charge is 0.270 e. The molecule has 1 aliphatic rings. The molecule has 2 aromatic carbocycles. The van der Waals surface area contributed by atoms with E-state index in [4.69, 9.17) is 16.6 Å². The maximum absolute atomic E-state index is 13.5. The molecule has 1 aromatic heterocycles. The maximum Gasteiger partial charge on any atom is 0.270 e. The molecule has 3 aromatic rings. The summed E-state index contributed by atoms with van der Waals surface area (Å²) >= 11 is 6.46. The molecule has 0 unspecified atom stereocenters. The lowest BCUT2D eigenvalue weighted by Gasteiger charge is -2.14. The molecule has 1 amide bonds. The molecule has 0 atom stereocenters. The highest BCUT2D eigenvalue weighted by molar-refractivity contribution is 8.27. The summed E-state index contributed by atoms with van der Waals surface area (Å²) in [5, 5.41) is 0. The Balaban J connectivity index is 1.62. The minimum absolute atomic E-state index is 0.289. The quantitative estimate of drug-likeness (QED) is 0.444. The number of rotatable bonds is 3. The van der Waals surface area contributed by atoms with Crippen molar-refractivity contribution in [2.45, 2.75) is 0 Å². The van der Waals surface area contributed by atoms with E-state index in [1.165, 1.54) is 28.8 Å². The van der Waals surface area contributed by atoms with Crippen LogP contribution in [0.1, 0.15) is 5.76 Å². The molecule has 6 heteroatoms.